The number of carbonyl (C=O) groups is 1. The van der Waals surface area contributed by atoms with E-state index in [0.29, 0.717) is 0 Å². The molecule has 0 aliphatic carbocycles. The molecule has 0 saturated heterocycles. The second kappa shape index (κ2) is 7.08. The number of aliphatic hydroxyl groups excluding tert-OH is 3. The van der Waals surface area contributed by atoms with E-state index in [9.17, 15) is 15.0 Å². The lowest BCUT2D eigenvalue weighted by Gasteiger charge is -2.35. The van der Waals surface area contributed by atoms with Gasteiger partial charge in [-0.1, -0.05) is 13.8 Å². The maximum atomic E-state index is 11.8. The largest absolute Gasteiger partial charge is 0.484 e. The molecular formula is C13H22O8. The minimum Gasteiger partial charge on any atom is -0.484 e. The molecule has 122 valence electrons. The maximum absolute atomic E-state index is 11.8. The Hall–Kier alpha value is -1.35. The minimum atomic E-state index is -1.67. The van der Waals surface area contributed by atoms with Crippen LogP contribution in [0.2, 0.25) is 0 Å². The van der Waals surface area contributed by atoms with Crippen LogP contribution in [0.5, 0.6) is 0 Å². The molecule has 21 heavy (non-hydrogen) atoms. The summed E-state index contributed by atoms with van der Waals surface area (Å²) in [5.41, 5.74) is -1.67. The molecule has 3 atom stereocenters. The molecule has 4 N–H and O–H groups in total. The number of aliphatic hydroxyl groups is 3. The van der Waals surface area contributed by atoms with Gasteiger partial charge in [0.25, 0.3) is 5.76 Å². The quantitative estimate of drug-likeness (QED) is 0.275. The molecule has 8 nitrogen and oxygen atoms in total. The summed E-state index contributed by atoms with van der Waals surface area (Å²) < 4.78 is 10.6. The second-order valence-corrected chi connectivity index (χ2v) is 5.44. The smallest absolute Gasteiger partial charge is 0.382 e. The van der Waals surface area contributed by atoms with Crippen molar-refractivity contribution in [3.63, 3.8) is 0 Å². The summed E-state index contributed by atoms with van der Waals surface area (Å²) in [6, 6.07) is 0. The average molecular weight is 306 g/mol. The Morgan fingerprint density at radius 3 is 2.29 bits per heavy atom. The monoisotopic (exact) mass is 306 g/mol. The van der Waals surface area contributed by atoms with Gasteiger partial charge in [-0.15, -0.1) is 0 Å². The summed E-state index contributed by atoms with van der Waals surface area (Å²) in [4.78, 5) is 15.8. The first-order chi connectivity index (χ1) is 9.82. The van der Waals surface area contributed by atoms with Crippen LogP contribution < -0.4 is 0 Å². The molecule has 0 bridgehead atoms. The van der Waals surface area contributed by atoms with Crippen molar-refractivity contribution in [2.75, 3.05) is 13.2 Å². The molecule has 0 amide bonds. The van der Waals surface area contributed by atoms with Crippen LogP contribution >= 0.6 is 0 Å². The Morgan fingerprint density at radius 1 is 1.24 bits per heavy atom. The van der Waals surface area contributed by atoms with Crippen molar-refractivity contribution in [1.82, 2.24) is 0 Å². The fourth-order valence-electron chi connectivity index (χ4n) is 2.26. The number of cyclic esters (lactones) is 1. The molecule has 1 heterocycles. The molecule has 8 heteroatoms. The summed E-state index contributed by atoms with van der Waals surface area (Å²) in [6.07, 6.45) is -2.05. The average Bonchev–Trinajstić information content (AvgIpc) is 2.69. The van der Waals surface area contributed by atoms with Crippen molar-refractivity contribution in [3.05, 3.63) is 11.5 Å². The lowest BCUT2D eigenvalue weighted by atomic mass is 9.85. The summed E-state index contributed by atoms with van der Waals surface area (Å²) in [5.74, 6) is -1.86. The zero-order chi connectivity index (χ0) is 16.2. The van der Waals surface area contributed by atoms with Gasteiger partial charge in [-0.25, -0.2) is 10.1 Å². The van der Waals surface area contributed by atoms with Crippen LogP contribution in [0.25, 0.3) is 0 Å². The topological polar surface area (TPSA) is 126 Å². The Labute approximate surface area is 122 Å². The Kier molecular flexibility index (Phi) is 5.97. The van der Waals surface area contributed by atoms with Crippen LogP contribution in [0.1, 0.15) is 27.2 Å². The molecule has 1 aliphatic heterocycles. The van der Waals surface area contributed by atoms with E-state index in [2.05, 4.69) is 4.89 Å². The molecular weight excluding hydrogens is 284 g/mol. The normalized spacial score (nSPS) is 25.0. The molecule has 0 spiro atoms. The third-order valence-corrected chi connectivity index (χ3v) is 3.14. The lowest BCUT2D eigenvalue weighted by molar-refractivity contribution is -0.211. The van der Waals surface area contributed by atoms with Crippen LogP contribution in [0.3, 0.4) is 0 Å². The summed E-state index contributed by atoms with van der Waals surface area (Å²) in [5, 5.41) is 37.3. The van der Waals surface area contributed by atoms with Gasteiger partial charge in [0, 0.05) is 0 Å². The third-order valence-electron chi connectivity index (χ3n) is 3.14. The third kappa shape index (κ3) is 3.46. The van der Waals surface area contributed by atoms with Crippen molar-refractivity contribution in [2.24, 2.45) is 5.92 Å². The number of ether oxygens (including phenoxy) is 2. The van der Waals surface area contributed by atoms with Gasteiger partial charge in [-0.2, -0.15) is 0 Å². The molecule has 0 aromatic rings. The molecule has 1 unspecified atom stereocenters. The number of carbonyl (C=O) groups excluding carboxylic acids is 1. The highest BCUT2D eigenvalue weighted by Crippen LogP contribution is 2.42. The van der Waals surface area contributed by atoms with E-state index in [0.717, 1.165) is 0 Å². The number of hydrogen-bond donors (Lipinski definition) is 4. The summed E-state index contributed by atoms with van der Waals surface area (Å²) in [7, 11) is 0. The molecule has 1 rings (SSSR count). The van der Waals surface area contributed by atoms with Gasteiger partial charge in [0.1, 0.15) is 12.2 Å². The van der Waals surface area contributed by atoms with E-state index in [4.69, 9.17) is 19.8 Å². The molecule has 0 saturated carbocycles. The Morgan fingerprint density at radius 2 is 1.86 bits per heavy atom. The minimum absolute atomic E-state index is 0.0277. The molecule has 0 aromatic heterocycles. The SMILES string of the molecule is CC(C)C[C@]1([C@@H](O)CO)OC(=O)C(OO)=C1OC(C)CO. The van der Waals surface area contributed by atoms with E-state index >= 15 is 0 Å². The van der Waals surface area contributed by atoms with Crippen molar-refractivity contribution >= 4 is 5.97 Å². The van der Waals surface area contributed by atoms with E-state index in [1.54, 1.807) is 0 Å². The zero-order valence-corrected chi connectivity index (χ0v) is 12.3. The Balaban J connectivity index is 3.32. The number of hydrogen-bond acceptors (Lipinski definition) is 8. The first-order valence-corrected chi connectivity index (χ1v) is 6.68. The van der Waals surface area contributed by atoms with Crippen molar-refractivity contribution in [1.29, 1.82) is 0 Å². The standard InChI is InChI=1S/C13H22O8/c1-7(2)4-13(9(16)6-15)11(19-8(3)5-14)10(21-18)12(17)20-13/h7-9,14-16,18H,4-6H2,1-3H3/t8?,9-,13+/m0/s1. The molecule has 0 radical (unpaired) electrons. The van der Waals surface area contributed by atoms with E-state index < -0.39 is 36.1 Å². The first kappa shape index (κ1) is 17.7. The second-order valence-electron chi connectivity index (χ2n) is 5.44. The van der Waals surface area contributed by atoms with Crippen LogP contribution in [0, 0.1) is 5.92 Å². The van der Waals surface area contributed by atoms with Gasteiger partial charge in [0.05, 0.1) is 13.2 Å². The van der Waals surface area contributed by atoms with Gasteiger partial charge in [-0.3, -0.25) is 0 Å². The van der Waals surface area contributed by atoms with Crippen LogP contribution in [-0.2, 0) is 19.2 Å². The van der Waals surface area contributed by atoms with Gasteiger partial charge in [0.2, 0.25) is 5.60 Å². The van der Waals surface area contributed by atoms with Gasteiger partial charge in [-0.05, 0) is 19.3 Å². The van der Waals surface area contributed by atoms with Gasteiger partial charge in [0.15, 0.2) is 5.76 Å². The summed E-state index contributed by atoms with van der Waals surface area (Å²) in [6.45, 7) is 4.13. The van der Waals surface area contributed by atoms with Gasteiger partial charge >= 0.3 is 5.97 Å². The predicted octanol–water partition coefficient (Wildman–Crippen LogP) is -0.220. The highest BCUT2D eigenvalue weighted by Gasteiger charge is 2.56. The van der Waals surface area contributed by atoms with Crippen molar-refractivity contribution in [2.45, 2.75) is 45.0 Å². The molecule has 0 aromatic carbocycles. The van der Waals surface area contributed by atoms with Crippen molar-refractivity contribution in [3.8, 4) is 0 Å². The lowest BCUT2D eigenvalue weighted by Crippen LogP contribution is -2.49. The van der Waals surface area contributed by atoms with Crippen LogP contribution in [-0.4, -0.2) is 57.6 Å². The fourth-order valence-corrected chi connectivity index (χ4v) is 2.26. The van der Waals surface area contributed by atoms with E-state index in [-0.39, 0.29) is 24.7 Å². The highest BCUT2D eigenvalue weighted by molar-refractivity contribution is 5.90. The first-order valence-electron chi connectivity index (χ1n) is 6.68. The number of rotatable bonds is 8. The summed E-state index contributed by atoms with van der Waals surface area (Å²) >= 11 is 0. The van der Waals surface area contributed by atoms with Gasteiger partial charge < -0.3 is 29.7 Å². The molecule has 0 fully saturated rings. The Bertz CT molecular complexity index is 405. The maximum Gasteiger partial charge on any atom is 0.382 e. The predicted molar refractivity (Wildman–Crippen MR) is 69.7 cm³/mol. The van der Waals surface area contributed by atoms with Crippen LogP contribution in [0.4, 0.5) is 0 Å². The van der Waals surface area contributed by atoms with Crippen LogP contribution in [0.15, 0.2) is 11.5 Å². The molecule has 1 aliphatic rings. The number of esters is 1. The fraction of sp³-hybridized carbons (Fsp3) is 0.769. The van der Waals surface area contributed by atoms with Crippen molar-refractivity contribution < 1.29 is 39.7 Å². The highest BCUT2D eigenvalue weighted by atomic mass is 17.1. The van der Waals surface area contributed by atoms with E-state index in [1.165, 1.54) is 6.92 Å². The zero-order valence-electron chi connectivity index (χ0n) is 12.3. The van der Waals surface area contributed by atoms with E-state index in [1.807, 2.05) is 13.8 Å².